The highest BCUT2D eigenvalue weighted by molar-refractivity contribution is 5.54. The lowest BCUT2D eigenvalue weighted by Gasteiger charge is -2.37. The Morgan fingerprint density at radius 2 is 1.80 bits per heavy atom. The zero-order valence-corrected chi connectivity index (χ0v) is 12.8. The molecule has 110 valence electrons. The van der Waals surface area contributed by atoms with Crippen LogP contribution in [0.1, 0.15) is 32.3 Å². The summed E-state index contributed by atoms with van der Waals surface area (Å²) in [6.45, 7) is 10.2. The van der Waals surface area contributed by atoms with E-state index in [4.69, 9.17) is 0 Å². The molecule has 1 N–H and O–H groups in total. The SMILES string of the molecule is CC(C)NCc1ccccc1N1CCN(C2CC2)CC1. The molecule has 3 heteroatoms. The Kier molecular flexibility index (Phi) is 4.27. The van der Waals surface area contributed by atoms with Crippen LogP contribution in [-0.4, -0.2) is 43.2 Å². The molecular weight excluding hydrogens is 246 g/mol. The number of hydrogen-bond donors (Lipinski definition) is 1. The molecule has 2 aliphatic rings. The van der Waals surface area contributed by atoms with E-state index in [2.05, 4.69) is 53.2 Å². The fraction of sp³-hybridized carbons (Fsp3) is 0.647. The first-order valence-corrected chi connectivity index (χ1v) is 8.04. The number of nitrogens with zero attached hydrogens (tertiary/aromatic N) is 2. The predicted octanol–water partition coefficient (Wildman–Crippen LogP) is 2.47. The molecule has 1 heterocycles. The number of benzene rings is 1. The normalized spacial score (nSPS) is 20.6. The van der Waals surface area contributed by atoms with Gasteiger partial charge in [0.05, 0.1) is 0 Å². The van der Waals surface area contributed by atoms with E-state index in [0.29, 0.717) is 6.04 Å². The molecule has 1 saturated heterocycles. The fourth-order valence-corrected chi connectivity index (χ4v) is 3.05. The standard InChI is InChI=1S/C17H27N3/c1-14(2)18-13-15-5-3-4-6-17(15)20-11-9-19(10-12-20)16-7-8-16/h3-6,14,16,18H,7-13H2,1-2H3. The van der Waals surface area contributed by atoms with E-state index < -0.39 is 0 Å². The lowest BCUT2D eigenvalue weighted by atomic mass is 10.1. The molecule has 1 saturated carbocycles. The first-order valence-electron chi connectivity index (χ1n) is 8.04. The van der Waals surface area contributed by atoms with E-state index >= 15 is 0 Å². The molecule has 3 nitrogen and oxygen atoms in total. The number of piperazine rings is 1. The Morgan fingerprint density at radius 3 is 2.45 bits per heavy atom. The van der Waals surface area contributed by atoms with Gasteiger partial charge in [0.2, 0.25) is 0 Å². The third-order valence-corrected chi connectivity index (χ3v) is 4.41. The summed E-state index contributed by atoms with van der Waals surface area (Å²) in [6.07, 6.45) is 2.85. The summed E-state index contributed by atoms with van der Waals surface area (Å²) in [5, 5.41) is 3.54. The quantitative estimate of drug-likeness (QED) is 0.889. The van der Waals surface area contributed by atoms with Gasteiger partial charge < -0.3 is 10.2 Å². The van der Waals surface area contributed by atoms with Gasteiger partial charge in [-0.3, -0.25) is 4.90 Å². The molecule has 0 bridgehead atoms. The van der Waals surface area contributed by atoms with Gasteiger partial charge in [-0.2, -0.15) is 0 Å². The number of nitrogens with one attached hydrogen (secondary N) is 1. The van der Waals surface area contributed by atoms with Crippen LogP contribution in [0.25, 0.3) is 0 Å². The van der Waals surface area contributed by atoms with E-state index in [0.717, 1.165) is 12.6 Å². The Bertz CT molecular complexity index is 432. The minimum absolute atomic E-state index is 0.537. The maximum absolute atomic E-state index is 3.54. The summed E-state index contributed by atoms with van der Waals surface area (Å²) < 4.78 is 0. The van der Waals surface area contributed by atoms with Crippen LogP contribution in [0, 0.1) is 0 Å². The summed E-state index contributed by atoms with van der Waals surface area (Å²) in [5.74, 6) is 0. The molecule has 1 aromatic rings. The van der Waals surface area contributed by atoms with Crippen molar-refractivity contribution in [2.45, 2.75) is 45.3 Å². The average molecular weight is 273 g/mol. The van der Waals surface area contributed by atoms with Crippen molar-refractivity contribution in [1.29, 1.82) is 0 Å². The molecule has 20 heavy (non-hydrogen) atoms. The maximum Gasteiger partial charge on any atom is 0.0412 e. The molecule has 0 spiro atoms. The molecule has 1 aliphatic heterocycles. The van der Waals surface area contributed by atoms with Crippen LogP contribution >= 0.6 is 0 Å². The van der Waals surface area contributed by atoms with Crippen molar-refractivity contribution < 1.29 is 0 Å². The van der Waals surface area contributed by atoms with Crippen molar-refractivity contribution in [2.75, 3.05) is 31.1 Å². The summed E-state index contributed by atoms with van der Waals surface area (Å²) in [4.78, 5) is 5.24. The Labute approximate surface area is 123 Å². The van der Waals surface area contributed by atoms with Gasteiger partial charge in [-0.15, -0.1) is 0 Å². The van der Waals surface area contributed by atoms with Crippen molar-refractivity contribution in [2.24, 2.45) is 0 Å². The van der Waals surface area contributed by atoms with E-state index in [1.807, 2.05) is 0 Å². The van der Waals surface area contributed by atoms with Gasteiger partial charge >= 0.3 is 0 Å². The van der Waals surface area contributed by atoms with E-state index in [1.165, 1.54) is 50.3 Å². The van der Waals surface area contributed by atoms with Crippen LogP contribution in [0.15, 0.2) is 24.3 Å². The predicted molar refractivity (Wildman–Crippen MR) is 85.2 cm³/mol. The average Bonchev–Trinajstić information content (AvgIpc) is 3.30. The molecule has 2 fully saturated rings. The Morgan fingerprint density at radius 1 is 1.10 bits per heavy atom. The number of anilines is 1. The van der Waals surface area contributed by atoms with Crippen LogP contribution < -0.4 is 10.2 Å². The lowest BCUT2D eigenvalue weighted by molar-refractivity contribution is 0.248. The zero-order valence-electron chi connectivity index (χ0n) is 12.8. The topological polar surface area (TPSA) is 18.5 Å². The van der Waals surface area contributed by atoms with Crippen molar-refractivity contribution in [3.63, 3.8) is 0 Å². The van der Waals surface area contributed by atoms with Crippen LogP contribution in [-0.2, 0) is 6.54 Å². The fourth-order valence-electron chi connectivity index (χ4n) is 3.05. The van der Waals surface area contributed by atoms with Gasteiger partial charge in [-0.1, -0.05) is 32.0 Å². The monoisotopic (exact) mass is 273 g/mol. The molecule has 1 aliphatic carbocycles. The second-order valence-electron chi connectivity index (χ2n) is 6.42. The van der Waals surface area contributed by atoms with Gasteiger partial charge in [-0.25, -0.2) is 0 Å². The van der Waals surface area contributed by atoms with Crippen LogP contribution in [0.2, 0.25) is 0 Å². The van der Waals surface area contributed by atoms with E-state index in [-0.39, 0.29) is 0 Å². The second kappa shape index (κ2) is 6.15. The van der Waals surface area contributed by atoms with Crippen LogP contribution in [0.3, 0.4) is 0 Å². The first kappa shape index (κ1) is 13.9. The minimum Gasteiger partial charge on any atom is -0.369 e. The van der Waals surface area contributed by atoms with Crippen molar-refractivity contribution in [1.82, 2.24) is 10.2 Å². The van der Waals surface area contributed by atoms with Crippen molar-refractivity contribution >= 4 is 5.69 Å². The van der Waals surface area contributed by atoms with Crippen LogP contribution in [0.5, 0.6) is 0 Å². The van der Waals surface area contributed by atoms with Crippen LogP contribution in [0.4, 0.5) is 5.69 Å². The highest BCUT2D eigenvalue weighted by Crippen LogP contribution is 2.29. The Hall–Kier alpha value is -1.06. The Balaban J connectivity index is 1.64. The summed E-state index contributed by atoms with van der Waals surface area (Å²) in [7, 11) is 0. The summed E-state index contributed by atoms with van der Waals surface area (Å²) >= 11 is 0. The number of hydrogen-bond acceptors (Lipinski definition) is 3. The summed E-state index contributed by atoms with van der Waals surface area (Å²) in [5.41, 5.74) is 2.86. The van der Waals surface area contributed by atoms with Gasteiger partial charge in [0.15, 0.2) is 0 Å². The minimum atomic E-state index is 0.537. The number of rotatable bonds is 5. The smallest absolute Gasteiger partial charge is 0.0412 e. The van der Waals surface area contributed by atoms with Gasteiger partial charge in [0.25, 0.3) is 0 Å². The van der Waals surface area contributed by atoms with Gasteiger partial charge in [-0.05, 0) is 24.5 Å². The maximum atomic E-state index is 3.54. The molecule has 0 amide bonds. The van der Waals surface area contributed by atoms with E-state index in [1.54, 1.807) is 0 Å². The third-order valence-electron chi connectivity index (χ3n) is 4.41. The lowest BCUT2D eigenvalue weighted by Crippen LogP contribution is -2.47. The highest BCUT2D eigenvalue weighted by Gasteiger charge is 2.31. The molecular formula is C17H27N3. The third kappa shape index (κ3) is 3.33. The molecule has 0 atom stereocenters. The first-order chi connectivity index (χ1) is 9.74. The molecule has 3 rings (SSSR count). The zero-order chi connectivity index (χ0) is 13.9. The van der Waals surface area contributed by atoms with Gasteiger partial charge in [0, 0.05) is 50.5 Å². The molecule has 0 aromatic heterocycles. The summed E-state index contributed by atoms with van der Waals surface area (Å²) in [6, 6.07) is 10.3. The second-order valence-corrected chi connectivity index (χ2v) is 6.42. The van der Waals surface area contributed by atoms with Crippen molar-refractivity contribution in [3.8, 4) is 0 Å². The largest absolute Gasteiger partial charge is 0.369 e. The highest BCUT2D eigenvalue weighted by atomic mass is 15.3. The van der Waals surface area contributed by atoms with Gasteiger partial charge in [0.1, 0.15) is 0 Å². The molecule has 0 radical (unpaired) electrons. The molecule has 1 aromatic carbocycles. The molecule has 0 unspecified atom stereocenters. The number of para-hydroxylation sites is 1. The van der Waals surface area contributed by atoms with E-state index in [9.17, 15) is 0 Å². The van der Waals surface area contributed by atoms with Crippen molar-refractivity contribution in [3.05, 3.63) is 29.8 Å².